The molecule has 0 unspecified atom stereocenters. The smallest absolute Gasteiger partial charge is 0.335 e. The van der Waals surface area contributed by atoms with Crippen molar-refractivity contribution in [2.75, 3.05) is 7.11 Å². The third kappa shape index (κ3) is 3.83. The Morgan fingerprint density at radius 2 is 1.86 bits per heavy atom. The van der Waals surface area contributed by atoms with Gasteiger partial charge < -0.3 is 15.2 Å². The Labute approximate surface area is 124 Å². The van der Waals surface area contributed by atoms with Crippen LogP contribution in [0, 0.1) is 0 Å². The monoisotopic (exact) mass is 285 g/mol. The lowest BCUT2D eigenvalue weighted by Crippen LogP contribution is -2.18. The summed E-state index contributed by atoms with van der Waals surface area (Å²) in [6, 6.07) is 14.9. The quantitative estimate of drug-likeness (QED) is 0.855. The lowest BCUT2D eigenvalue weighted by atomic mass is 10.1. The van der Waals surface area contributed by atoms with E-state index in [4.69, 9.17) is 9.84 Å². The van der Waals surface area contributed by atoms with E-state index in [1.54, 1.807) is 19.2 Å². The summed E-state index contributed by atoms with van der Waals surface area (Å²) in [5, 5.41) is 12.3. The number of aromatic carboxylic acids is 1. The van der Waals surface area contributed by atoms with Crippen LogP contribution >= 0.6 is 0 Å². The Balaban J connectivity index is 2.00. The van der Waals surface area contributed by atoms with Crippen LogP contribution in [-0.4, -0.2) is 18.2 Å². The van der Waals surface area contributed by atoms with E-state index in [1.165, 1.54) is 0 Å². The summed E-state index contributed by atoms with van der Waals surface area (Å²) in [6.45, 7) is 2.74. The maximum absolute atomic E-state index is 10.8. The van der Waals surface area contributed by atoms with Crippen LogP contribution in [0.5, 0.6) is 5.75 Å². The Hall–Kier alpha value is -2.33. The molecular formula is C17H19NO3. The minimum Gasteiger partial charge on any atom is -0.496 e. The van der Waals surface area contributed by atoms with Crippen LogP contribution in [0.1, 0.15) is 34.5 Å². The van der Waals surface area contributed by atoms with E-state index < -0.39 is 5.97 Å². The molecular weight excluding hydrogens is 266 g/mol. The zero-order valence-electron chi connectivity index (χ0n) is 12.2. The van der Waals surface area contributed by atoms with Gasteiger partial charge in [-0.3, -0.25) is 0 Å². The van der Waals surface area contributed by atoms with E-state index in [0.29, 0.717) is 12.1 Å². The van der Waals surface area contributed by atoms with Crippen LogP contribution in [0.15, 0.2) is 48.5 Å². The van der Waals surface area contributed by atoms with Crippen molar-refractivity contribution in [1.29, 1.82) is 0 Å². The number of methoxy groups -OCH3 is 1. The summed E-state index contributed by atoms with van der Waals surface area (Å²) in [5.41, 5.74) is 2.44. The fourth-order valence-corrected chi connectivity index (χ4v) is 2.17. The van der Waals surface area contributed by atoms with Gasteiger partial charge in [0.1, 0.15) is 5.75 Å². The second-order valence-electron chi connectivity index (χ2n) is 4.85. The highest BCUT2D eigenvalue weighted by atomic mass is 16.5. The van der Waals surface area contributed by atoms with Crippen molar-refractivity contribution in [3.63, 3.8) is 0 Å². The van der Waals surface area contributed by atoms with Crippen LogP contribution in [-0.2, 0) is 6.54 Å². The van der Waals surface area contributed by atoms with E-state index in [-0.39, 0.29) is 6.04 Å². The van der Waals surface area contributed by atoms with Gasteiger partial charge in [0.15, 0.2) is 0 Å². The van der Waals surface area contributed by atoms with Crippen LogP contribution < -0.4 is 10.1 Å². The molecule has 110 valence electrons. The summed E-state index contributed by atoms with van der Waals surface area (Å²) in [4.78, 5) is 10.8. The van der Waals surface area contributed by atoms with E-state index >= 15 is 0 Å². The number of para-hydroxylation sites is 1. The van der Waals surface area contributed by atoms with Crippen molar-refractivity contribution in [1.82, 2.24) is 5.32 Å². The fraction of sp³-hybridized carbons (Fsp3) is 0.235. The second kappa shape index (κ2) is 6.90. The van der Waals surface area contributed by atoms with Crippen molar-refractivity contribution in [3.8, 4) is 5.75 Å². The van der Waals surface area contributed by atoms with Crippen LogP contribution in [0.25, 0.3) is 0 Å². The molecule has 4 nitrogen and oxygen atoms in total. The summed E-state index contributed by atoms with van der Waals surface area (Å²) in [7, 11) is 1.66. The Kier molecular flexibility index (Phi) is 4.95. The van der Waals surface area contributed by atoms with Crippen molar-refractivity contribution in [2.45, 2.75) is 19.5 Å². The number of hydrogen-bond donors (Lipinski definition) is 2. The minimum atomic E-state index is -0.906. The highest BCUT2D eigenvalue weighted by Gasteiger charge is 2.10. The van der Waals surface area contributed by atoms with E-state index in [2.05, 4.69) is 12.2 Å². The molecule has 0 aliphatic rings. The highest BCUT2D eigenvalue weighted by molar-refractivity contribution is 5.87. The maximum atomic E-state index is 10.8. The summed E-state index contributed by atoms with van der Waals surface area (Å²) < 4.78 is 5.36. The Morgan fingerprint density at radius 1 is 1.19 bits per heavy atom. The number of nitrogens with one attached hydrogen (secondary N) is 1. The molecule has 2 N–H and O–H groups in total. The van der Waals surface area contributed by atoms with Crippen LogP contribution in [0.2, 0.25) is 0 Å². The van der Waals surface area contributed by atoms with Crippen molar-refractivity contribution >= 4 is 5.97 Å². The molecule has 0 aromatic heterocycles. The van der Waals surface area contributed by atoms with Gasteiger partial charge in [-0.15, -0.1) is 0 Å². The van der Waals surface area contributed by atoms with Crippen molar-refractivity contribution in [3.05, 3.63) is 65.2 Å². The Morgan fingerprint density at radius 3 is 2.48 bits per heavy atom. The third-order valence-electron chi connectivity index (χ3n) is 3.42. The van der Waals surface area contributed by atoms with Crippen LogP contribution in [0.3, 0.4) is 0 Å². The molecule has 1 atom stereocenters. The van der Waals surface area contributed by atoms with E-state index in [0.717, 1.165) is 16.9 Å². The van der Waals surface area contributed by atoms with Gasteiger partial charge in [-0.1, -0.05) is 30.3 Å². The molecule has 2 aromatic rings. The minimum absolute atomic E-state index is 0.139. The molecule has 21 heavy (non-hydrogen) atoms. The van der Waals surface area contributed by atoms with E-state index in [9.17, 15) is 4.79 Å². The van der Waals surface area contributed by atoms with Gasteiger partial charge in [0, 0.05) is 18.2 Å². The largest absolute Gasteiger partial charge is 0.496 e. The molecule has 0 radical (unpaired) electrons. The highest BCUT2D eigenvalue weighted by Crippen LogP contribution is 2.24. The number of carboxylic acids is 1. The number of benzene rings is 2. The zero-order chi connectivity index (χ0) is 15.2. The first-order valence-corrected chi connectivity index (χ1v) is 6.80. The molecule has 0 aliphatic heterocycles. The zero-order valence-corrected chi connectivity index (χ0v) is 12.2. The molecule has 0 fully saturated rings. The maximum Gasteiger partial charge on any atom is 0.335 e. The molecule has 0 spiro atoms. The number of carbonyl (C=O) groups is 1. The first-order chi connectivity index (χ1) is 10.1. The average Bonchev–Trinajstić information content (AvgIpc) is 2.52. The number of rotatable bonds is 6. The van der Waals surface area contributed by atoms with Crippen LogP contribution in [0.4, 0.5) is 0 Å². The second-order valence-corrected chi connectivity index (χ2v) is 4.85. The predicted molar refractivity (Wildman–Crippen MR) is 81.7 cm³/mol. The number of ether oxygens (including phenoxy) is 1. The molecule has 0 saturated carbocycles. The number of hydrogen-bond acceptors (Lipinski definition) is 3. The first-order valence-electron chi connectivity index (χ1n) is 6.80. The molecule has 0 bridgehead atoms. The summed E-state index contributed by atoms with van der Waals surface area (Å²) >= 11 is 0. The summed E-state index contributed by atoms with van der Waals surface area (Å²) in [6.07, 6.45) is 0. The van der Waals surface area contributed by atoms with Gasteiger partial charge in [0.2, 0.25) is 0 Å². The molecule has 2 rings (SSSR count). The average molecular weight is 285 g/mol. The Bertz CT molecular complexity index is 608. The molecule has 4 heteroatoms. The van der Waals surface area contributed by atoms with Crippen molar-refractivity contribution < 1.29 is 14.6 Å². The predicted octanol–water partition coefficient (Wildman–Crippen LogP) is 3.24. The molecule has 0 heterocycles. The summed E-state index contributed by atoms with van der Waals surface area (Å²) in [5.74, 6) is -0.0457. The van der Waals surface area contributed by atoms with Gasteiger partial charge in [0.25, 0.3) is 0 Å². The van der Waals surface area contributed by atoms with E-state index in [1.807, 2.05) is 36.4 Å². The van der Waals surface area contributed by atoms with Gasteiger partial charge in [0.05, 0.1) is 12.7 Å². The number of carboxylic acid groups (broad SMARTS) is 1. The topological polar surface area (TPSA) is 58.6 Å². The van der Waals surface area contributed by atoms with Gasteiger partial charge in [-0.2, -0.15) is 0 Å². The standard InChI is InChI=1S/C17H19NO3/c1-12(15-5-3-4-6-16(15)21-2)18-11-13-7-9-14(10-8-13)17(19)20/h3-10,12,18H,11H2,1-2H3,(H,19,20)/t12-/m1/s1. The fourth-order valence-electron chi connectivity index (χ4n) is 2.17. The van der Waals surface area contributed by atoms with Gasteiger partial charge in [-0.05, 0) is 30.7 Å². The van der Waals surface area contributed by atoms with Crippen molar-refractivity contribution in [2.24, 2.45) is 0 Å². The normalized spacial score (nSPS) is 11.9. The molecule has 2 aromatic carbocycles. The van der Waals surface area contributed by atoms with Gasteiger partial charge in [-0.25, -0.2) is 4.79 Å². The SMILES string of the molecule is COc1ccccc1[C@@H](C)NCc1ccc(C(=O)O)cc1. The molecule has 0 saturated heterocycles. The first kappa shape index (κ1) is 15.1. The third-order valence-corrected chi connectivity index (χ3v) is 3.42. The molecule has 0 amide bonds. The van der Waals surface area contributed by atoms with Gasteiger partial charge >= 0.3 is 5.97 Å². The molecule has 0 aliphatic carbocycles. The lowest BCUT2D eigenvalue weighted by molar-refractivity contribution is 0.0697. The lowest BCUT2D eigenvalue weighted by Gasteiger charge is -2.17.